The Kier molecular flexibility index (Phi) is 6.56. The topological polar surface area (TPSA) is 57.2 Å². The van der Waals surface area contributed by atoms with Crippen molar-refractivity contribution in [1.29, 1.82) is 0 Å². The maximum Gasteiger partial charge on any atom is 0.410 e. The maximum absolute atomic E-state index is 12.5. The van der Waals surface area contributed by atoms with Crippen molar-refractivity contribution in [2.45, 2.75) is 44.5 Å². The number of hydrogen-bond acceptors (Lipinski definition) is 6. The van der Waals surface area contributed by atoms with E-state index in [-0.39, 0.29) is 18.3 Å². The molecule has 1 unspecified atom stereocenters. The quantitative estimate of drug-likeness (QED) is 0.676. The van der Waals surface area contributed by atoms with Crippen LogP contribution in [0.25, 0.3) is 0 Å². The summed E-state index contributed by atoms with van der Waals surface area (Å²) in [6.07, 6.45) is 4.31. The minimum Gasteiger partial charge on any atom is -0.493 e. The summed E-state index contributed by atoms with van der Waals surface area (Å²) in [5.74, 6) is 1.47. The fourth-order valence-electron chi connectivity index (χ4n) is 3.81. The van der Waals surface area contributed by atoms with Gasteiger partial charge < -0.3 is 23.8 Å². The summed E-state index contributed by atoms with van der Waals surface area (Å²) in [6.45, 7) is 1.77. The number of carbonyl (C=O) groups is 1. The Bertz CT molecular complexity index is 804. The largest absolute Gasteiger partial charge is 0.493 e. The van der Waals surface area contributed by atoms with Crippen molar-refractivity contribution in [3.8, 4) is 11.5 Å². The Balaban J connectivity index is 1.41. The van der Waals surface area contributed by atoms with Crippen molar-refractivity contribution in [3.05, 3.63) is 46.2 Å². The molecule has 1 atom stereocenters. The van der Waals surface area contributed by atoms with E-state index in [1.165, 1.54) is 12.8 Å². The molecule has 2 aliphatic rings. The van der Waals surface area contributed by atoms with E-state index >= 15 is 0 Å². The highest BCUT2D eigenvalue weighted by Gasteiger charge is 2.28. The van der Waals surface area contributed by atoms with Crippen molar-refractivity contribution < 1.29 is 23.7 Å². The second kappa shape index (κ2) is 9.50. The lowest BCUT2D eigenvalue weighted by molar-refractivity contribution is -0.0296. The molecule has 29 heavy (non-hydrogen) atoms. The first-order valence-electron chi connectivity index (χ1n) is 10.1. The zero-order chi connectivity index (χ0) is 20.1. The molecule has 1 saturated carbocycles. The molecule has 2 heterocycles. The Hall–Kier alpha value is -2.25. The summed E-state index contributed by atoms with van der Waals surface area (Å²) in [6, 6.07) is 9.79. The van der Waals surface area contributed by atoms with E-state index in [1.54, 1.807) is 23.3 Å². The highest BCUT2D eigenvalue weighted by atomic mass is 32.1. The van der Waals surface area contributed by atoms with Gasteiger partial charge in [-0.3, -0.25) is 0 Å². The van der Waals surface area contributed by atoms with Crippen LogP contribution in [0.1, 0.15) is 42.2 Å². The number of amides is 1. The minimum absolute atomic E-state index is 0.213. The van der Waals surface area contributed by atoms with Gasteiger partial charge in [0.1, 0.15) is 12.7 Å². The lowest BCUT2D eigenvalue weighted by Crippen LogP contribution is -2.42. The normalized spacial score (nSPS) is 19.9. The zero-order valence-electron chi connectivity index (χ0n) is 16.7. The van der Waals surface area contributed by atoms with Crippen LogP contribution < -0.4 is 9.47 Å². The van der Waals surface area contributed by atoms with Gasteiger partial charge in [0.05, 0.1) is 26.4 Å². The molecule has 1 aromatic carbocycles. The van der Waals surface area contributed by atoms with Gasteiger partial charge in [-0.15, -0.1) is 11.3 Å². The van der Waals surface area contributed by atoms with Crippen LogP contribution in [0, 0.1) is 0 Å². The molecule has 0 N–H and O–H groups in total. The van der Waals surface area contributed by atoms with Crippen molar-refractivity contribution in [1.82, 2.24) is 4.90 Å². The lowest BCUT2D eigenvalue weighted by atomic mass is 10.1. The van der Waals surface area contributed by atoms with Gasteiger partial charge in [0.25, 0.3) is 0 Å². The van der Waals surface area contributed by atoms with Gasteiger partial charge in [0.2, 0.25) is 0 Å². The van der Waals surface area contributed by atoms with Crippen molar-refractivity contribution in [3.63, 3.8) is 0 Å². The van der Waals surface area contributed by atoms with Crippen molar-refractivity contribution in [2.75, 3.05) is 26.8 Å². The molecule has 156 valence electrons. The molecule has 2 fully saturated rings. The predicted molar refractivity (Wildman–Crippen MR) is 111 cm³/mol. The van der Waals surface area contributed by atoms with Gasteiger partial charge in [0.15, 0.2) is 11.5 Å². The summed E-state index contributed by atoms with van der Waals surface area (Å²) >= 11 is 1.58. The average Bonchev–Trinajstić information content (AvgIpc) is 3.46. The van der Waals surface area contributed by atoms with E-state index in [4.69, 9.17) is 18.9 Å². The van der Waals surface area contributed by atoms with Crippen LogP contribution in [0.4, 0.5) is 4.79 Å². The summed E-state index contributed by atoms with van der Waals surface area (Å²) in [5.41, 5.74) is 0.981. The summed E-state index contributed by atoms with van der Waals surface area (Å²) in [5, 5.41) is 1.98. The number of ether oxygens (including phenoxy) is 4. The molecule has 4 rings (SSSR count). The van der Waals surface area contributed by atoms with E-state index < -0.39 is 0 Å². The molecule has 1 saturated heterocycles. The summed E-state index contributed by atoms with van der Waals surface area (Å²) < 4.78 is 23.1. The zero-order valence-corrected chi connectivity index (χ0v) is 17.5. The molecular formula is C22H27NO5S. The SMILES string of the molecule is COc1ccc(C2CN(C(=O)OCc3cccs3)CCO2)cc1OC1CCCC1. The third-order valence-electron chi connectivity index (χ3n) is 5.40. The van der Waals surface area contributed by atoms with Crippen LogP contribution in [0.2, 0.25) is 0 Å². The second-order valence-corrected chi connectivity index (χ2v) is 8.41. The first-order valence-corrected chi connectivity index (χ1v) is 11.0. The third kappa shape index (κ3) is 5.03. The Morgan fingerprint density at radius 3 is 2.86 bits per heavy atom. The fourth-order valence-corrected chi connectivity index (χ4v) is 4.42. The summed E-state index contributed by atoms with van der Waals surface area (Å²) in [4.78, 5) is 15.2. The minimum atomic E-state index is -0.303. The van der Waals surface area contributed by atoms with Gasteiger partial charge in [-0.05, 0) is 54.8 Å². The number of hydrogen-bond donors (Lipinski definition) is 0. The van der Waals surface area contributed by atoms with Crippen molar-refractivity contribution >= 4 is 17.4 Å². The molecule has 1 aliphatic carbocycles. The molecule has 2 aromatic rings. The Labute approximate surface area is 175 Å². The van der Waals surface area contributed by atoms with Crippen LogP contribution in [-0.4, -0.2) is 43.9 Å². The Morgan fingerprint density at radius 2 is 2.10 bits per heavy atom. The molecule has 7 heteroatoms. The van der Waals surface area contributed by atoms with Gasteiger partial charge >= 0.3 is 6.09 Å². The van der Waals surface area contributed by atoms with Crippen LogP contribution in [0.5, 0.6) is 11.5 Å². The molecule has 6 nitrogen and oxygen atoms in total. The van der Waals surface area contributed by atoms with Gasteiger partial charge in [0, 0.05) is 11.4 Å². The molecule has 0 spiro atoms. The maximum atomic E-state index is 12.5. The monoisotopic (exact) mass is 417 g/mol. The lowest BCUT2D eigenvalue weighted by Gasteiger charge is -2.32. The molecule has 0 radical (unpaired) electrons. The van der Waals surface area contributed by atoms with E-state index in [0.717, 1.165) is 34.8 Å². The highest BCUT2D eigenvalue weighted by molar-refractivity contribution is 7.09. The third-order valence-corrected chi connectivity index (χ3v) is 6.25. The van der Waals surface area contributed by atoms with E-state index in [2.05, 4.69) is 0 Å². The molecule has 1 aromatic heterocycles. The molecule has 0 bridgehead atoms. The van der Waals surface area contributed by atoms with Crippen LogP contribution in [-0.2, 0) is 16.1 Å². The highest BCUT2D eigenvalue weighted by Crippen LogP contribution is 2.35. The van der Waals surface area contributed by atoms with E-state index in [0.29, 0.717) is 26.3 Å². The van der Waals surface area contributed by atoms with Crippen molar-refractivity contribution in [2.24, 2.45) is 0 Å². The number of thiophene rings is 1. The molecular weight excluding hydrogens is 390 g/mol. The number of carbonyl (C=O) groups excluding carboxylic acids is 1. The fraction of sp³-hybridized carbons (Fsp3) is 0.500. The predicted octanol–water partition coefficient (Wildman–Crippen LogP) is 4.79. The first kappa shape index (κ1) is 20.0. The van der Waals surface area contributed by atoms with Gasteiger partial charge in [-0.25, -0.2) is 4.79 Å². The van der Waals surface area contributed by atoms with Gasteiger partial charge in [-0.2, -0.15) is 0 Å². The number of rotatable bonds is 6. The van der Waals surface area contributed by atoms with Crippen LogP contribution >= 0.6 is 11.3 Å². The van der Waals surface area contributed by atoms with E-state index in [9.17, 15) is 4.79 Å². The Morgan fingerprint density at radius 1 is 1.24 bits per heavy atom. The second-order valence-electron chi connectivity index (χ2n) is 7.37. The summed E-state index contributed by atoms with van der Waals surface area (Å²) in [7, 11) is 1.65. The molecule has 1 aliphatic heterocycles. The average molecular weight is 418 g/mol. The molecule has 1 amide bonds. The first-order chi connectivity index (χ1) is 14.2. The standard InChI is InChI=1S/C22H27NO5S/c1-25-19-9-8-16(13-20(19)28-17-5-2-3-6-17)21-14-23(10-11-26-21)22(24)27-15-18-7-4-12-29-18/h4,7-9,12-13,17,21H,2-3,5-6,10-11,14-15H2,1H3. The van der Waals surface area contributed by atoms with Gasteiger partial charge in [-0.1, -0.05) is 12.1 Å². The number of benzene rings is 1. The number of nitrogens with zero attached hydrogens (tertiary/aromatic N) is 1. The van der Waals surface area contributed by atoms with Crippen LogP contribution in [0.3, 0.4) is 0 Å². The number of methoxy groups -OCH3 is 1. The smallest absolute Gasteiger partial charge is 0.410 e. The number of morpholine rings is 1. The van der Waals surface area contributed by atoms with E-state index in [1.807, 2.05) is 35.7 Å². The van der Waals surface area contributed by atoms with Crippen LogP contribution in [0.15, 0.2) is 35.7 Å².